The predicted molar refractivity (Wildman–Crippen MR) is 135 cm³/mol. The van der Waals surface area contributed by atoms with Crippen LogP contribution in [0, 0.1) is 6.92 Å². The molecule has 8 heteroatoms. The molecule has 35 heavy (non-hydrogen) atoms. The van der Waals surface area contributed by atoms with Gasteiger partial charge in [-0.05, 0) is 62.9 Å². The molecule has 0 aliphatic carbocycles. The van der Waals surface area contributed by atoms with Crippen molar-refractivity contribution in [3.05, 3.63) is 64.8 Å². The van der Waals surface area contributed by atoms with Crippen molar-refractivity contribution >= 4 is 40.7 Å². The number of aromatic nitrogens is 1. The van der Waals surface area contributed by atoms with E-state index >= 15 is 0 Å². The van der Waals surface area contributed by atoms with Crippen LogP contribution in [0.15, 0.2) is 42.6 Å². The largest absolute Gasteiger partial charge is 0.466 e. The maximum absolute atomic E-state index is 13.3. The standard InChI is InChI=1S/C27H31N3O5/c1-5-35-25(32)8-6-7-20-10-9-19(16-31)13-23(20)29-26(33)18(3)30-15-17(2)22-12-11-21(14-24(22)30)27(34)28-4/h9-16,18H,5-8H2,1-4H3,(H,28,34)(H,29,33). The number of carbonyl (C=O) groups excluding carboxylic acids is 4. The summed E-state index contributed by atoms with van der Waals surface area (Å²) in [6, 6.07) is 9.95. The molecule has 0 aliphatic heterocycles. The van der Waals surface area contributed by atoms with Crippen LogP contribution in [0.1, 0.15) is 64.6 Å². The van der Waals surface area contributed by atoms with E-state index < -0.39 is 6.04 Å². The second-order valence-corrected chi connectivity index (χ2v) is 8.39. The lowest BCUT2D eigenvalue weighted by molar-refractivity contribution is -0.143. The van der Waals surface area contributed by atoms with Gasteiger partial charge in [0.1, 0.15) is 12.3 Å². The van der Waals surface area contributed by atoms with Crippen LogP contribution in [0.3, 0.4) is 0 Å². The third-order valence-electron chi connectivity index (χ3n) is 5.98. The summed E-state index contributed by atoms with van der Waals surface area (Å²) in [5.74, 6) is -0.725. The SMILES string of the molecule is CCOC(=O)CCCc1ccc(C=O)cc1NC(=O)C(C)n1cc(C)c2ccc(C(=O)NC)cc21. The lowest BCUT2D eigenvalue weighted by Crippen LogP contribution is -2.24. The van der Waals surface area contributed by atoms with Crippen molar-refractivity contribution in [1.29, 1.82) is 0 Å². The molecule has 2 N–H and O–H groups in total. The lowest BCUT2D eigenvalue weighted by atomic mass is 10.0. The topological polar surface area (TPSA) is 106 Å². The predicted octanol–water partition coefficient (Wildman–Crippen LogP) is 4.21. The molecule has 2 amide bonds. The van der Waals surface area contributed by atoms with Gasteiger partial charge in [-0.2, -0.15) is 0 Å². The molecule has 0 spiro atoms. The van der Waals surface area contributed by atoms with E-state index in [0.717, 1.165) is 28.3 Å². The molecule has 1 atom stereocenters. The van der Waals surface area contributed by atoms with Gasteiger partial charge in [0.25, 0.3) is 5.91 Å². The van der Waals surface area contributed by atoms with E-state index in [1.54, 1.807) is 51.2 Å². The molecule has 0 saturated heterocycles. The van der Waals surface area contributed by atoms with Gasteiger partial charge in [0.2, 0.25) is 5.91 Å². The Morgan fingerprint density at radius 3 is 2.60 bits per heavy atom. The van der Waals surface area contributed by atoms with E-state index in [-0.39, 0.29) is 24.2 Å². The fraction of sp³-hybridized carbons (Fsp3) is 0.333. The van der Waals surface area contributed by atoms with Gasteiger partial charge in [0, 0.05) is 47.4 Å². The number of ether oxygens (including phenoxy) is 1. The summed E-state index contributed by atoms with van der Waals surface area (Å²) in [7, 11) is 1.57. The van der Waals surface area contributed by atoms with Crippen molar-refractivity contribution in [3.8, 4) is 0 Å². The third-order valence-corrected chi connectivity index (χ3v) is 5.98. The summed E-state index contributed by atoms with van der Waals surface area (Å²) in [6.45, 7) is 5.84. The van der Waals surface area contributed by atoms with Gasteiger partial charge >= 0.3 is 5.97 Å². The van der Waals surface area contributed by atoms with Gasteiger partial charge in [-0.3, -0.25) is 19.2 Å². The number of hydrogen-bond donors (Lipinski definition) is 2. The number of aldehydes is 1. The zero-order valence-electron chi connectivity index (χ0n) is 20.5. The first-order valence-corrected chi connectivity index (χ1v) is 11.7. The number of anilines is 1. The Morgan fingerprint density at radius 2 is 1.91 bits per heavy atom. The van der Waals surface area contributed by atoms with Crippen molar-refractivity contribution in [3.63, 3.8) is 0 Å². The average molecular weight is 478 g/mol. The molecule has 0 bridgehead atoms. The second kappa shape index (κ2) is 11.5. The number of esters is 1. The van der Waals surface area contributed by atoms with Gasteiger partial charge in [-0.25, -0.2) is 0 Å². The maximum atomic E-state index is 13.3. The summed E-state index contributed by atoms with van der Waals surface area (Å²) in [5, 5.41) is 6.53. The monoisotopic (exact) mass is 477 g/mol. The smallest absolute Gasteiger partial charge is 0.305 e. The fourth-order valence-electron chi connectivity index (χ4n) is 4.05. The van der Waals surface area contributed by atoms with Crippen LogP contribution in [0.25, 0.3) is 10.9 Å². The minimum atomic E-state index is -0.585. The van der Waals surface area contributed by atoms with Gasteiger partial charge in [-0.1, -0.05) is 18.2 Å². The number of rotatable bonds is 10. The highest BCUT2D eigenvalue weighted by atomic mass is 16.5. The first-order valence-electron chi connectivity index (χ1n) is 11.7. The highest BCUT2D eigenvalue weighted by Crippen LogP contribution is 2.27. The van der Waals surface area contributed by atoms with E-state index in [1.165, 1.54) is 0 Å². The molecule has 1 heterocycles. The number of nitrogens with zero attached hydrogens (tertiary/aromatic N) is 1. The molecule has 184 valence electrons. The van der Waals surface area contributed by atoms with Crippen LogP contribution in [0.2, 0.25) is 0 Å². The molecule has 1 aromatic heterocycles. The minimum Gasteiger partial charge on any atom is -0.466 e. The first-order chi connectivity index (χ1) is 16.8. The van der Waals surface area contributed by atoms with E-state index in [2.05, 4.69) is 10.6 Å². The molecule has 0 fully saturated rings. The molecule has 0 aliphatic rings. The first kappa shape index (κ1) is 25.7. The van der Waals surface area contributed by atoms with Crippen LogP contribution in [-0.4, -0.2) is 42.3 Å². The molecule has 3 rings (SSSR count). The van der Waals surface area contributed by atoms with Crippen LogP contribution >= 0.6 is 0 Å². The van der Waals surface area contributed by atoms with Crippen molar-refractivity contribution in [2.75, 3.05) is 19.0 Å². The van der Waals surface area contributed by atoms with Gasteiger partial charge in [0.05, 0.1) is 6.61 Å². The zero-order valence-corrected chi connectivity index (χ0v) is 20.5. The maximum Gasteiger partial charge on any atom is 0.305 e. The van der Waals surface area contributed by atoms with Crippen molar-refractivity contribution < 1.29 is 23.9 Å². The molecule has 1 unspecified atom stereocenters. The molecule has 3 aromatic rings. The summed E-state index contributed by atoms with van der Waals surface area (Å²) in [5.41, 5.74) is 4.09. The second-order valence-electron chi connectivity index (χ2n) is 8.39. The van der Waals surface area contributed by atoms with Gasteiger partial charge < -0.3 is 19.9 Å². The van der Waals surface area contributed by atoms with Crippen LogP contribution in [0.5, 0.6) is 0 Å². The van der Waals surface area contributed by atoms with E-state index in [4.69, 9.17) is 4.74 Å². The number of carbonyl (C=O) groups is 4. The molecular formula is C27H31N3O5. The lowest BCUT2D eigenvalue weighted by Gasteiger charge is -2.18. The summed E-state index contributed by atoms with van der Waals surface area (Å²) in [4.78, 5) is 48.4. The molecule has 2 aromatic carbocycles. The number of nitrogens with one attached hydrogen (secondary N) is 2. The summed E-state index contributed by atoms with van der Waals surface area (Å²) >= 11 is 0. The Bertz CT molecular complexity index is 1260. The summed E-state index contributed by atoms with van der Waals surface area (Å²) < 4.78 is 6.82. The Kier molecular flexibility index (Phi) is 8.41. The van der Waals surface area contributed by atoms with Crippen LogP contribution < -0.4 is 10.6 Å². The summed E-state index contributed by atoms with van der Waals surface area (Å²) in [6.07, 6.45) is 4.00. The number of fused-ring (bicyclic) bond motifs is 1. The van der Waals surface area contributed by atoms with Crippen LogP contribution in [0.4, 0.5) is 5.69 Å². The Balaban J connectivity index is 1.85. The number of hydrogen-bond acceptors (Lipinski definition) is 5. The van der Waals surface area contributed by atoms with Crippen LogP contribution in [-0.2, 0) is 20.7 Å². The highest BCUT2D eigenvalue weighted by molar-refractivity contribution is 6.00. The van der Waals surface area contributed by atoms with Crippen molar-refractivity contribution in [2.24, 2.45) is 0 Å². The number of benzene rings is 2. The van der Waals surface area contributed by atoms with Crippen molar-refractivity contribution in [2.45, 2.75) is 46.1 Å². The average Bonchev–Trinajstić information content (AvgIpc) is 3.19. The fourth-order valence-corrected chi connectivity index (χ4v) is 4.05. The Hall–Kier alpha value is -3.94. The Labute approximate surface area is 204 Å². The van der Waals surface area contributed by atoms with E-state index in [9.17, 15) is 19.2 Å². The van der Waals surface area contributed by atoms with Gasteiger partial charge in [-0.15, -0.1) is 0 Å². The number of amides is 2. The quantitative estimate of drug-likeness (QED) is 0.336. The minimum absolute atomic E-state index is 0.201. The van der Waals surface area contributed by atoms with Crippen molar-refractivity contribution in [1.82, 2.24) is 9.88 Å². The number of aryl methyl sites for hydroxylation is 2. The Morgan fingerprint density at radius 1 is 1.14 bits per heavy atom. The normalized spacial score (nSPS) is 11.7. The van der Waals surface area contributed by atoms with E-state index in [1.807, 2.05) is 23.8 Å². The molecular weight excluding hydrogens is 446 g/mol. The molecule has 8 nitrogen and oxygen atoms in total. The van der Waals surface area contributed by atoms with Gasteiger partial charge in [0.15, 0.2) is 0 Å². The highest BCUT2D eigenvalue weighted by Gasteiger charge is 2.20. The van der Waals surface area contributed by atoms with E-state index in [0.29, 0.717) is 36.3 Å². The molecule has 0 saturated carbocycles. The molecule has 0 radical (unpaired) electrons. The zero-order chi connectivity index (χ0) is 25.5. The third kappa shape index (κ3) is 5.95.